The van der Waals surface area contributed by atoms with Crippen molar-refractivity contribution in [1.29, 1.82) is 0 Å². The molecule has 1 atom stereocenters. The lowest BCUT2D eigenvalue weighted by atomic mass is 10.2. The summed E-state index contributed by atoms with van der Waals surface area (Å²) in [7, 11) is 0. The molecule has 19 heavy (non-hydrogen) atoms. The van der Waals surface area contributed by atoms with E-state index in [-0.39, 0.29) is 18.4 Å². The summed E-state index contributed by atoms with van der Waals surface area (Å²) < 4.78 is 0. The largest absolute Gasteiger partial charge is 0.481 e. The van der Waals surface area contributed by atoms with E-state index in [1.54, 1.807) is 18.7 Å². The Morgan fingerprint density at radius 1 is 1.32 bits per heavy atom. The van der Waals surface area contributed by atoms with Gasteiger partial charge in [-0.1, -0.05) is 18.2 Å². The highest BCUT2D eigenvalue weighted by molar-refractivity contribution is 7.99. The van der Waals surface area contributed by atoms with Crippen molar-refractivity contribution in [2.45, 2.75) is 37.1 Å². The maximum Gasteiger partial charge on any atom is 0.305 e. The average Bonchev–Trinajstić information content (AvgIpc) is 2.35. The molecular formula is C14H19NO3S. The lowest BCUT2D eigenvalue weighted by molar-refractivity contribution is -0.137. The van der Waals surface area contributed by atoms with Gasteiger partial charge in [0, 0.05) is 17.4 Å². The zero-order chi connectivity index (χ0) is 14.1. The molecule has 0 spiro atoms. The molecular weight excluding hydrogens is 262 g/mol. The van der Waals surface area contributed by atoms with E-state index in [9.17, 15) is 9.59 Å². The number of rotatable bonds is 8. The van der Waals surface area contributed by atoms with Crippen molar-refractivity contribution in [3.05, 3.63) is 30.3 Å². The third-order valence-electron chi connectivity index (χ3n) is 2.45. The second-order valence-electron chi connectivity index (χ2n) is 4.33. The molecule has 1 rings (SSSR count). The van der Waals surface area contributed by atoms with Gasteiger partial charge in [0.05, 0.1) is 6.42 Å². The summed E-state index contributed by atoms with van der Waals surface area (Å²) in [6.45, 7) is 1.70. The molecule has 104 valence electrons. The molecule has 1 unspecified atom stereocenters. The highest BCUT2D eigenvalue weighted by atomic mass is 32.2. The Hall–Kier alpha value is -1.49. The first-order chi connectivity index (χ1) is 9.08. The third kappa shape index (κ3) is 7.51. The molecule has 1 amide bonds. The van der Waals surface area contributed by atoms with Gasteiger partial charge in [-0.25, -0.2) is 0 Å². The molecule has 0 saturated carbocycles. The first-order valence-corrected chi connectivity index (χ1v) is 7.25. The molecule has 5 heteroatoms. The number of nitrogens with one attached hydrogen (secondary N) is 1. The fourth-order valence-corrected chi connectivity index (χ4v) is 2.47. The summed E-state index contributed by atoms with van der Waals surface area (Å²) in [5.74, 6) is -0.0973. The minimum Gasteiger partial charge on any atom is -0.481 e. The van der Waals surface area contributed by atoms with E-state index in [0.717, 1.165) is 12.2 Å². The molecule has 1 aromatic rings. The third-order valence-corrected chi connectivity index (χ3v) is 3.55. The van der Waals surface area contributed by atoms with Gasteiger partial charge in [-0.2, -0.15) is 0 Å². The standard InChI is InChI=1S/C14H19NO3S/c1-11(10-14(17)18)15-13(16)8-5-9-19-12-6-3-2-4-7-12/h2-4,6-7,11H,5,8-10H2,1H3,(H,15,16)(H,17,18). The number of thioether (sulfide) groups is 1. The maximum absolute atomic E-state index is 11.5. The van der Waals surface area contributed by atoms with Crippen LogP contribution in [0, 0.1) is 0 Å². The Kier molecular flexibility index (Phi) is 7.03. The van der Waals surface area contributed by atoms with Crippen LogP contribution in [0.15, 0.2) is 35.2 Å². The lowest BCUT2D eigenvalue weighted by Gasteiger charge is -2.11. The molecule has 0 heterocycles. The van der Waals surface area contributed by atoms with Crippen LogP contribution >= 0.6 is 11.8 Å². The van der Waals surface area contributed by atoms with Crippen molar-refractivity contribution >= 4 is 23.6 Å². The van der Waals surface area contributed by atoms with Crippen molar-refractivity contribution in [3.8, 4) is 0 Å². The summed E-state index contributed by atoms with van der Waals surface area (Å²) in [5, 5.41) is 11.3. The van der Waals surface area contributed by atoms with Crippen LogP contribution in [0.1, 0.15) is 26.2 Å². The summed E-state index contributed by atoms with van der Waals surface area (Å²) in [4.78, 5) is 23.2. The van der Waals surface area contributed by atoms with Crippen molar-refractivity contribution < 1.29 is 14.7 Å². The van der Waals surface area contributed by atoms with Crippen LogP contribution in [0.3, 0.4) is 0 Å². The quantitative estimate of drug-likeness (QED) is 0.567. The topological polar surface area (TPSA) is 66.4 Å². The number of amides is 1. The molecule has 0 bridgehead atoms. The van der Waals surface area contributed by atoms with Crippen molar-refractivity contribution in [2.24, 2.45) is 0 Å². The van der Waals surface area contributed by atoms with E-state index in [1.807, 2.05) is 30.3 Å². The minimum absolute atomic E-state index is 0.0372. The number of benzene rings is 1. The van der Waals surface area contributed by atoms with Gasteiger partial charge in [0.15, 0.2) is 0 Å². The molecule has 0 fully saturated rings. The van der Waals surface area contributed by atoms with Gasteiger partial charge in [0.25, 0.3) is 0 Å². The number of aliphatic carboxylic acids is 1. The second kappa shape index (κ2) is 8.58. The molecule has 0 saturated heterocycles. The monoisotopic (exact) mass is 281 g/mol. The Morgan fingerprint density at radius 2 is 2.00 bits per heavy atom. The van der Waals surface area contributed by atoms with Gasteiger partial charge < -0.3 is 10.4 Å². The van der Waals surface area contributed by atoms with Gasteiger partial charge in [-0.05, 0) is 31.2 Å². The molecule has 0 aliphatic heterocycles. The van der Waals surface area contributed by atoms with Crippen LogP contribution in [0.5, 0.6) is 0 Å². The van der Waals surface area contributed by atoms with E-state index >= 15 is 0 Å². The van der Waals surface area contributed by atoms with Gasteiger partial charge in [-0.3, -0.25) is 9.59 Å². The first kappa shape index (κ1) is 15.6. The summed E-state index contributed by atoms with van der Waals surface area (Å²) in [6.07, 6.45) is 1.18. The van der Waals surface area contributed by atoms with E-state index in [1.165, 1.54) is 4.90 Å². The molecule has 0 aliphatic carbocycles. The van der Waals surface area contributed by atoms with Gasteiger partial charge in [0.1, 0.15) is 0 Å². The fraction of sp³-hybridized carbons (Fsp3) is 0.429. The highest BCUT2D eigenvalue weighted by Crippen LogP contribution is 2.18. The predicted octanol–water partition coefficient (Wildman–Crippen LogP) is 2.54. The van der Waals surface area contributed by atoms with Crippen LogP contribution in [0.4, 0.5) is 0 Å². The number of carboxylic acids is 1. The fourth-order valence-electron chi connectivity index (χ4n) is 1.60. The first-order valence-electron chi connectivity index (χ1n) is 6.27. The molecule has 0 radical (unpaired) electrons. The SMILES string of the molecule is CC(CC(=O)O)NC(=O)CCCSc1ccccc1. The number of hydrogen-bond donors (Lipinski definition) is 2. The number of hydrogen-bond acceptors (Lipinski definition) is 3. The number of carboxylic acid groups (broad SMARTS) is 1. The number of carbonyl (C=O) groups excluding carboxylic acids is 1. The van der Waals surface area contributed by atoms with Crippen LogP contribution in [-0.4, -0.2) is 28.8 Å². The number of carbonyl (C=O) groups is 2. The maximum atomic E-state index is 11.5. The van der Waals surface area contributed by atoms with Crippen molar-refractivity contribution in [1.82, 2.24) is 5.32 Å². The Morgan fingerprint density at radius 3 is 2.63 bits per heavy atom. The Labute approximate surface area is 117 Å². The summed E-state index contributed by atoms with van der Waals surface area (Å²) >= 11 is 1.72. The van der Waals surface area contributed by atoms with Crippen LogP contribution in [0.25, 0.3) is 0 Å². The van der Waals surface area contributed by atoms with Crippen molar-refractivity contribution in [2.75, 3.05) is 5.75 Å². The van der Waals surface area contributed by atoms with Crippen LogP contribution < -0.4 is 5.32 Å². The molecule has 4 nitrogen and oxygen atoms in total. The molecule has 0 aliphatic rings. The summed E-state index contributed by atoms with van der Waals surface area (Å²) in [6, 6.07) is 9.72. The van der Waals surface area contributed by atoms with Crippen molar-refractivity contribution in [3.63, 3.8) is 0 Å². The second-order valence-corrected chi connectivity index (χ2v) is 5.50. The lowest BCUT2D eigenvalue weighted by Crippen LogP contribution is -2.34. The zero-order valence-corrected chi connectivity index (χ0v) is 11.8. The average molecular weight is 281 g/mol. The minimum atomic E-state index is -0.896. The zero-order valence-electron chi connectivity index (χ0n) is 11.0. The van der Waals surface area contributed by atoms with Gasteiger partial charge >= 0.3 is 5.97 Å². The predicted molar refractivity (Wildman–Crippen MR) is 76.3 cm³/mol. The van der Waals surface area contributed by atoms with E-state index in [0.29, 0.717) is 6.42 Å². The normalized spacial score (nSPS) is 11.8. The van der Waals surface area contributed by atoms with Gasteiger partial charge in [-0.15, -0.1) is 11.8 Å². The van der Waals surface area contributed by atoms with Gasteiger partial charge in [0.2, 0.25) is 5.91 Å². The molecule has 2 N–H and O–H groups in total. The summed E-state index contributed by atoms with van der Waals surface area (Å²) in [5.41, 5.74) is 0. The van der Waals surface area contributed by atoms with Crippen LogP contribution in [-0.2, 0) is 9.59 Å². The smallest absolute Gasteiger partial charge is 0.305 e. The molecule has 1 aromatic carbocycles. The van der Waals surface area contributed by atoms with E-state index in [2.05, 4.69) is 5.32 Å². The van der Waals surface area contributed by atoms with Crippen LogP contribution in [0.2, 0.25) is 0 Å². The molecule has 0 aromatic heterocycles. The Bertz CT molecular complexity index is 408. The van der Waals surface area contributed by atoms with E-state index < -0.39 is 5.97 Å². The highest BCUT2D eigenvalue weighted by Gasteiger charge is 2.10. The van der Waals surface area contributed by atoms with E-state index in [4.69, 9.17) is 5.11 Å². The Balaban J connectivity index is 2.12.